The first-order chi connectivity index (χ1) is 13.2. The Hall–Kier alpha value is -0.0800. The Morgan fingerprint density at radius 1 is 0.929 bits per heavy atom. The van der Waals surface area contributed by atoms with E-state index in [2.05, 4.69) is 27.7 Å². The first-order valence-electron chi connectivity index (χ1n) is 12.4. The minimum Gasteiger partial charge on any atom is -0.393 e. The molecule has 0 radical (unpaired) electrons. The van der Waals surface area contributed by atoms with Gasteiger partial charge in [0.25, 0.3) is 0 Å². The van der Waals surface area contributed by atoms with Crippen LogP contribution >= 0.6 is 0 Å². The number of hydrogen-bond donors (Lipinski definition) is 1. The molecule has 0 unspecified atom stereocenters. The molecule has 2 heteroatoms. The molecule has 162 valence electrons. The Morgan fingerprint density at radius 3 is 2.29 bits per heavy atom. The lowest BCUT2D eigenvalue weighted by molar-refractivity contribution is -0.162. The van der Waals surface area contributed by atoms with Gasteiger partial charge in [0.05, 0.1) is 11.7 Å². The zero-order chi connectivity index (χ0) is 20.3. The Labute approximate surface area is 174 Å². The fourth-order valence-electron chi connectivity index (χ4n) is 9.20. The van der Waals surface area contributed by atoms with Crippen LogP contribution < -0.4 is 0 Å². The minimum absolute atomic E-state index is 0.158. The maximum Gasteiger partial charge on any atom is 0.0679 e. The molecule has 0 aromatic heterocycles. The minimum atomic E-state index is -0.166. The van der Waals surface area contributed by atoms with Gasteiger partial charge in [-0.1, -0.05) is 27.7 Å². The third-order valence-electron chi connectivity index (χ3n) is 11.3. The smallest absolute Gasteiger partial charge is 0.0679 e. The largest absolute Gasteiger partial charge is 0.393 e. The average molecular weight is 391 g/mol. The molecular weight excluding hydrogens is 344 g/mol. The molecule has 0 spiro atoms. The van der Waals surface area contributed by atoms with Crippen LogP contribution in [0.3, 0.4) is 0 Å². The molecule has 10 atom stereocenters. The molecule has 4 fully saturated rings. The second-order valence-electron chi connectivity index (χ2n) is 11.9. The number of hydrogen-bond acceptors (Lipinski definition) is 2. The van der Waals surface area contributed by atoms with Crippen molar-refractivity contribution in [2.75, 3.05) is 7.11 Å². The summed E-state index contributed by atoms with van der Waals surface area (Å²) in [6, 6.07) is 0. The van der Waals surface area contributed by atoms with Crippen molar-refractivity contribution < 1.29 is 9.84 Å². The summed E-state index contributed by atoms with van der Waals surface area (Å²) in [5.41, 5.74) is 1.16. The van der Waals surface area contributed by atoms with Crippen molar-refractivity contribution in [2.45, 2.75) is 111 Å². The summed E-state index contributed by atoms with van der Waals surface area (Å²) in [7, 11) is 1.95. The van der Waals surface area contributed by atoms with Crippen LogP contribution in [0.1, 0.15) is 98.8 Å². The number of fused-ring (bicyclic) bond motifs is 5. The zero-order valence-electron chi connectivity index (χ0n) is 19.5. The van der Waals surface area contributed by atoms with Crippen molar-refractivity contribution in [1.82, 2.24) is 0 Å². The Bertz CT molecular complexity index is 567. The number of methoxy groups -OCH3 is 1. The second-order valence-corrected chi connectivity index (χ2v) is 11.9. The van der Waals surface area contributed by atoms with E-state index < -0.39 is 0 Å². The molecule has 4 aliphatic carbocycles. The maximum atomic E-state index is 10.3. The average Bonchev–Trinajstić information content (AvgIpc) is 3.04. The number of aliphatic hydroxyl groups is 1. The highest BCUT2D eigenvalue weighted by atomic mass is 16.5. The predicted molar refractivity (Wildman–Crippen MR) is 116 cm³/mol. The first-order valence-corrected chi connectivity index (χ1v) is 12.4. The van der Waals surface area contributed by atoms with E-state index in [1.807, 2.05) is 14.0 Å². The van der Waals surface area contributed by atoms with Crippen LogP contribution in [0.5, 0.6) is 0 Å². The monoisotopic (exact) mass is 390 g/mol. The normalized spacial score (nSPS) is 53.0. The molecule has 0 saturated heterocycles. The van der Waals surface area contributed by atoms with Gasteiger partial charge in [-0.3, -0.25) is 0 Å². The fourth-order valence-corrected chi connectivity index (χ4v) is 9.20. The van der Waals surface area contributed by atoms with E-state index in [-0.39, 0.29) is 11.7 Å². The van der Waals surface area contributed by atoms with Crippen molar-refractivity contribution in [3.05, 3.63) is 0 Å². The van der Waals surface area contributed by atoms with Crippen LogP contribution in [0.15, 0.2) is 0 Å². The number of aliphatic hydroxyl groups excluding tert-OH is 1. The van der Waals surface area contributed by atoms with Crippen molar-refractivity contribution in [3.8, 4) is 0 Å². The molecule has 0 aromatic rings. The quantitative estimate of drug-likeness (QED) is 0.597. The standard InChI is InChI=1S/C26H46O2/c1-7-26(28-6)15-14-24(4)19(16-26)8-9-20-22-11-10-21(17(2)18(3)27)25(22,5)13-12-23(20)24/h17-23,27H,7-16H2,1-6H3/t17-,18-,19-,20+,21-,22+,23+,24+,25-,26-/m1/s1. The summed E-state index contributed by atoms with van der Waals surface area (Å²) in [6.45, 7) is 11.9. The highest BCUT2D eigenvalue weighted by Crippen LogP contribution is 2.69. The number of rotatable bonds is 4. The molecule has 4 saturated carbocycles. The van der Waals surface area contributed by atoms with Gasteiger partial charge in [-0.05, 0) is 117 Å². The van der Waals surface area contributed by atoms with Crippen LogP contribution in [0.2, 0.25) is 0 Å². The molecule has 4 aliphatic rings. The van der Waals surface area contributed by atoms with Gasteiger partial charge in [0.2, 0.25) is 0 Å². The Morgan fingerprint density at radius 2 is 1.64 bits per heavy atom. The van der Waals surface area contributed by atoms with Gasteiger partial charge in [-0.25, -0.2) is 0 Å². The lowest BCUT2D eigenvalue weighted by atomic mass is 9.43. The highest BCUT2D eigenvalue weighted by molar-refractivity contribution is 5.11. The molecule has 1 N–H and O–H groups in total. The lowest BCUT2D eigenvalue weighted by Gasteiger charge is -2.62. The third kappa shape index (κ3) is 2.95. The van der Waals surface area contributed by atoms with Crippen LogP contribution in [0, 0.1) is 46.3 Å². The SMILES string of the molecule is CC[C@@]1(OC)CC[C@@]2(C)[C@H](CC[C@@H]3[C@@H]2CC[C@]2(C)[C@@H]([C@H](C)[C@@H](C)O)CC[C@@H]32)C1. The number of ether oxygens (including phenoxy) is 1. The molecule has 2 nitrogen and oxygen atoms in total. The molecule has 0 bridgehead atoms. The molecule has 0 amide bonds. The van der Waals surface area contributed by atoms with Crippen molar-refractivity contribution in [2.24, 2.45) is 46.3 Å². The summed E-state index contributed by atoms with van der Waals surface area (Å²) >= 11 is 0. The molecule has 28 heavy (non-hydrogen) atoms. The molecular formula is C26H46O2. The van der Waals surface area contributed by atoms with Crippen LogP contribution in [-0.2, 0) is 4.74 Å². The van der Waals surface area contributed by atoms with E-state index in [9.17, 15) is 5.11 Å². The molecule has 4 rings (SSSR count). The van der Waals surface area contributed by atoms with Gasteiger partial charge in [-0.15, -0.1) is 0 Å². The molecule has 0 heterocycles. The second kappa shape index (κ2) is 7.26. The lowest BCUT2D eigenvalue weighted by Crippen LogP contribution is -2.56. The van der Waals surface area contributed by atoms with Crippen molar-refractivity contribution in [1.29, 1.82) is 0 Å². The topological polar surface area (TPSA) is 29.5 Å². The van der Waals surface area contributed by atoms with Crippen molar-refractivity contribution >= 4 is 0 Å². The third-order valence-corrected chi connectivity index (χ3v) is 11.3. The van der Waals surface area contributed by atoms with Gasteiger partial charge in [0.15, 0.2) is 0 Å². The zero-order valence-corrected chi connectivity index (χ0v) is 19.5. The summed E-state index contributed by atoms with van der Waals surface area (Å²) in [4.78, 5) is 0. The van der Waals surface area contributed by atoms with E-state index in [0.29, 0.717) is 16.7 Å². The summed E-state index contributed by atoms with van der Waals surface area (Å²) in [6.07, 6.45) is 13.4. The Balaban J connectivity index is 1.56. The summed E-state index contributed by atoms with van der Waals surface area (Å²) in [5, 5.41) is 10.3. The van der Waals surface area contributed by atoms with Gasteiger partial charge in [0, 0.05) is 7.11 Å². The predicted octanol–water partition coefficient (Wildman–Crippen LogP) is 6.46. The van der Waals surface area contributed by atoms with E-state index in [4.69, 9.17) is 4.74 Å². The van der Waals surface area contributed by atoms with E-state index in [0.717, 1.165) is 29.6 Å². The fraction of sp³-hybridized carbons (Fsp3) is 1.00. The van der Waals surface area contributed by atoms with Crippen LogP contribution in [0.25, 0.3) is 0 Å². The highest BCUT2D eigenvalue weighted by Gasteiger charge is 2.61. The van der Waals surface area contributed by atoms with Gasteiger partial charge < -0.3 is 9.84 Å². The van der Waals surface area contributed by atoms with Gasteiger partial charge in [0.1, 0.15) is 0 Å². The van der Waals surface area contributed by atoms with Gasteiger partial charge in [-0.2, -0.15) is 0 Å². The van der Waals surface area contributed by atoms with E-state index in [1.165, 1.54) is 64.2 Å². The Kier molecular flexibility index (Phi) is 5.49. The maximum absolute atomic E-state index is 10.3. The van der Waals surface area contributed by atoms with Gasteiger partial charge >= 0.3 is 0 Å². The molecule has 0 aromatic carbocycles. The molecule has 0 aliphatic heterocycles. The summed E-state index contributed by atoms with van der Waals surface area (Å²) in [5.74, 6) is 4.78. The summed E-state index contributed by atoms with van der Waals surface area (Å²) < 4.78 is 6.08. The van der Waals surface area contributed by atoms with Crippen LogP contribution in [0.4, 0.5) is 0 Å². The van der Waals surface area contributed by atoms with E-state index in [1.54, 1.807) is 0 Å². The van der Waals surface area contributed by atoms with E-state index >= 15 is 0 Å². The van der Waals surface area contributed by atoms with Crippen LogP contribution in [-0.4, -0.2) is 23.9 Å². The first kappa shape index (κ1) is 21.2. The van der Waals surface area contributed by atoms with Crippen molar-refractivity contribution in [3.63, 3.8) is 0 Å².